The molecule has 1 aromatic heterocycles. The molecule has 7 nitrogen and oxygen atoms in total. The van der Waals surface area contributed by atoms with Gasteiger partial charge in [-0.25, -0.2) is 8.42 Å². The number of fused-ring (bicyclic) bond motifs is 1. The van der Waals surface area contributed by atoms with Crippen LogP contribution < -0.4 is 4.90 Å². The van der Waals surface area contributed by atoms with E-state index in [4.69, 9.17) is 0 Å². The lowest BCUT2D eigenvalue weighted by molar-refractivity contribution is -0.137. The molecule has 2 saturated heterocycles. The van der Waals surface area contributed by atoms with Crippen molar-refractivity contribution in [2.24, 2.45) is 5.92 Å². The van der Waals surface area contributed by atoms with Gasteiger partial charge in [0.25, 0.3) is 0 Å². The molecule has 0 unspecified atom stereocenters. The summed E-state index contributed by atoms with van der Waals surface area (Å²) in [5.74, 6) is 0.166. The van der Waals surface area contributed by atoms with Crippen LogP contribution in [-0.4, -0.2) is 67.8 Å². The predicted octanol–water partition coefficient (Wildman–Crippen LogP) is 2.98. The number of hydrogen-bond donors (Lipinski definition) is 0. The number of pyridine rings is 1. The highest BCUT2D eigenvalue weighted by molar-refractivity contribution is 7.89. The Morgan fingerprint density at radius 2 is 1.48 bits per heavy atom. The maximum Gasteiger partial charge on any atom is 0.243 e. The van der Waals surface area contributed by atoms with Gasteiger partial charge in [0.2, 0.25) is 15.9 Å². The molecule has 33 heavy (non-hydrogen) atoms. The van der Waals surface area contributed by atoms with Gasteiger partial charge in [0, 0.05) is 63.3 Å². The second-order valence-electron chi connectivity index (χ2n) is 8.71. The molecular weight excluding hydrogens is 436 g/mol. The average molecular weight is 465 g/mol. The normalized spacial score (nSPS) is 18.5. The molecule has 2 aromatic carbocycles. The largest absolute Gasteiger partial charge is 0.371 e. The Morgan fingerprint density at radius 3 is 2.18 bits per heavy atom. The van der Waals surface area contributed by atoms with Crippen molar-refractivity contribution < 1.29 is 13.2 Å². The Bertz CT molecular complexity index is 1230. The Labute approximate surface area is 194 Å². The molecule has 0 saturated carbocycles. The highest BCUT2D eigenvalue weighted by atomic mass is 32.2. The number of amides is 1. The monoisotopic (exact) mass is 464 g/mol. The molecule has 3 aromatic rings. The third-order valence-electron chi connectivity index (χ3n) is 6.78. The maximum absolute atomic E-state index is 13.2. The maximum atomic E-state index is 13.2. The first-order valence-electron chi connectivity index (χ1n) is 11.4. The lowest BCUT2D eigenvalue weighted by atomic mass is 9.94. The highest BCUT2D eigenvalue weighted by Gasteiger charge is 2.34. The van der Waals surface area contributed by atoms with Crippen molar-refractivity contribution in [1.29, 1.82) is 0 Å². The lowest BCUT2D eigenvalue weighted by Crippen LogP contribution is -2.52. The first-order chi connectivity index (χ1) is 16.0. The van der Waals surface area contributed by atoms with Gasteiger partial charge < -0.3 is 9.80 Å². The minimum absolute atomic E-state index is 0.00623. The summed E-state index contributed by atoms with van der Waals surface area (Å²) < 4.78 is 27.9. The van der Waals surface area contributed by atoms with E-state index >= 15 is 0 Å². The predicted molar refractivity (Wildman–Crippen MR) is 128 cm³/mol. The minimum Gasteiger partial charge on any atom is -0.371 e. The number of piperazine rings is 1. The number of sulfonamides is 1. The number of hydrogen-bond acceptors (Lipinski definition) is 5. The van der Waals surface area contributed by atoms with E-state index in [0.717, 1.165) is 42.4 Å². The van der Waals surface area contributed by atoms with Gasteiger partial charge >= 0.3 is 0 Å². The summed E-state index contributed by atoms with van der Waals surface area (Å²) in [5, 5.41) is 1.92. The Balaban J connectivity index is 1.18. The Morgan fingerprint density at radius 1 is 0.818 bits per heavy atom. The van der Waals surface area contributed by atoms with Crippen molar-refractivity contribution in [1.82, 2.24) is 14.2 Å². The van der Waals surface area contributed by atoms with Crippen LogP contribution in [0.3, 0.4) is 0 Å². The van der Waals surface area contributed by atoms with E-state index in [-0.39, 0.29) is 11.8 Å². The number of carbonyl (C=O) groups excluding carboxylic acids is 1. The first-order valence-corrected chi connectivity index (χ1v) is 12.9. The number of benzene rings is 2. The topological polar surface area (TPSA) is 73.8 Å². The molecule has 1 amide bonds. The van der Waals surface area contributed by atoms with Gasteiger partial charge in [-0.05, 0) is 47.9 Å². The third-order valence-corrected chi connectivity index (χ3v) is 8.68. The van der Waals surface area contributed by atoms with Gasteiger partial charge in [0.05, 0.1) is 4.90 Å². The number of rotatable bonds is 4. The standard InChI is InChI=1S/C25H28N4O3S/c30-25(21-9-13-27(14-10-21)23-7-11-26-12-8-23)28-15-17-29(18-16-28)33(31,32)24-6-5-20-3-1-2-4-22(20)19-24/h1-8,11-12,19,21H,9-10,13-18H2. The second kappa shape index (κ2) is 9.11. The zero-order valence-electron chi connectivity index (χ0n) is 18.5. The van der Waals surface area contributed by atoms with E-state index in [1.165, 1.54) is 4.31 Å². The van der Waals surface area contributed by atoms with Crippen molar-refractivity contribution in [3.05, 3.63) is 67.0 Å². The SMILES string of the molecule is O=C(C1CCN(c2ccncc2)CC1)N1CCN(S(=O)(=O)c2ccc3ccccc3c2)CC1. The molecule has 172 valence electrons. The highest BCUT2D eigenvalue weighted by Crippen LogP contribution is 2.26. The van der Waals surface area contributed by atoms with Crippen LogP contribution in [0.1, 0.15) is 12.8 Å². The molecule has 0 bridgehead atoms. The van der Waals surface area contributed by atoms with Crippen molar-refractivity contribution in [2.75, 3.05) is 44.2 Å². The van der Waals surface area contributed by atoms with Gasteiger partial charge in [0.15, 0.2) is 0 Å². The van der Waals surface area contributed by atoms with Gasteiger partial charge in [-0.2, -0.15) is 4.31 Å². The Kier molecular flexibility index (Phi) is 6.03. The van der Waals surface area contributed by atoms with E-state index in [0.29, 0.717) is 31.1 Å². The quantitative estimate of drug-likeness (QED) is 0.594. The molecule has 0 atom stereocenters. The fourth-order valence-corrected chi connectivity index (χ4v) is 6.28. The molecule has 0 radical (unpaired) electrons. The van der Waals surface area contributed by atoms with Gasteiger partial charge in [-0.1, -0.05) is 30.3 Å². The van der Waals surface area contributed by atoms with Crippen LogP contribution in [-0.2, 0) is 14.8 Å². The Hall–Kier alpha value is -2.97. The van der Waals surface area contributed by atoms with E-state index in [1.807, 2.05) is 47.4 Å². The summed E-state index contributed by atoms with van der Waals surface area (Å²) in [7, 11) is -3.58. The van der Waals surface area contributed by atoms with E-state index in [2.05, 4.69) is 9.88 Å². The number of anilines is 1. The first kappa shape index (κ1) is 21.9. The van der Waals surface area contributed by atoms with Crippen LogP contribution in [0.5, 0.6) is 0 Å². The smallest absolute Gasteiger partial charge is 0.243 e. The van der Waals surface area contributed by atoms with Crippen molar-refractivity contribution >= 4 is 32.4 Å². The van der Waals surface area contributed by atoms with Crippen LogP contribution in [0.15, 0.2) is 71.9 Å². The van der Waals surface area contributed by atoms with E-state index in [1.54, 1.807) is 24.5 Å². The number of carbonyl (C=O) groups is 1. The zero-order valence-corrected chi connectivity index (χ0v) is 19.3. The molecule has 0 N–H and O–H groups in total. The second-order valence-corrected chi connectivity index (χ2v) is 10.6. The summed E-state index contributed by atoms with van der Waals surface area (Å²) >= 11 is 0. The number of aromatic nitrogens is 1. The van der Waals surface area contributed by atoms with Crippen molar-refractivity contribution in [3.8, 4) is 0 Å². The minimum atomic E-state index is -3.58. The number of nitrogens with zero attached hydrogens (tertiary/aromatic N) is 4. The van der Waals surface area contributed by atoms with Crippen LogP contribution in [0.25, 0.3) is 10.8 Å². The van der Waals surface area contributed by atoms with Crippen LogP contribution in [0.2, 0.25) is 0 Å². The zero-order chi connectivity index (χ0) is 22.8. The van der Waals surface area contributed by atoms with Crippen molar-refractivity contribution in [2.45, 2.75) is 17.7 Å². The number of piperidine rings is 1. The van der Waals surface area contributed by atoms with Gasteiger partial charge in [-0.15, -0.1) is 0 Å². The average Bonchev–Trinajstić information content (AvgIpc) is 2.88. The molecule has 2 fully saturated rings. The molecule has 3 heterocycles. The van der Waals surface area contributed by atoms with E-state index < -0.39 is 10.0 Å². The molecular formula is C25H28N4O3S. The summed E-state index contributed by atoms with van der Waals surface area (Å²) in [6, 6.07) is 17.0. The van der Waals surface area contributed by atoms with Crippen LogP contribution in [0.4, 0.5) is 5.69 Å². The molecule has 5 rings (SSSR count). The fourth-order valence-electron chi connectivity index (χ4n) is 4.82. The summed E-state index contributed by atoms with van der Waals surface area (Å²) in [6.07, 6.45) is 5.21. The molecule has 2 aliphatic rings. The van der Waals surface area contributed by atoms with Gasteiger partial charge in [-0.3, -0.25) is 9.78 Å². The fraction of sp³-hybridized carbons (Fsp3) is 0.360. The molecule has 0 aliphatic carbocycles. The summed E-state index contributed by atoms with van der Waals surface area (Å²) in [4.78, 5) is 21.6. The van der Waals surface area contributed by atoms with Crippen LogP contribution in [0, 0.1) is 5.92 Å². The molecule has 0 spiro atoms. The lowest BCUT2D eigenvalue weighted by Gasteiger charge is -2.38. The van der Waals surface area contributed by atoms with Gasteiger partial charge in [0.1, 0.15) is 0 Å². The molecule has 2 aliphatic heterocycles. The van der Waals surface area contributed by atoms with Crippen LogP contribution >= 0.6 is 0 Å². The van der Waals surface area contributed by atoms with Crippen molar-refractivity contribution in [3.63, 3.8) is 0 Å². The summed E-state index contributed by atoms with van der Waals surface area (Å²) in [6.45, 7) is 3.23. The summed E-state index contributed by atoms with van der Waals surface area (Å²) in [5.41, 5.74) is 1.14. The van der Waals surface area contributed by atoms with E-state index in [9.17, 15) is 13.2 Å². The molecule has 8 heteroatoms. The third kappa shape index (κ3) is 4.45.